The Labute approximate surface area is 165 Å². The van der Waals surface area contributed by atoms with Crippen molar-refractivity contribution in [3.05, 3.63) is 119 Å². The lowest BCUT2D eigenvalue weighted by molar-refractivity contribution is -0.113. The topological polar surface area (TPSA) is 38.7 Å². The molecule has 3 heteroatoms. The van der Waals surface area contributed by atoms with Gasteiger partial charge in [0.1, 0.15) is 11.7 Å². The summed E-state index contributed by atoms with van der Waals surface area (Å²) in [5.41, 5.74) is 3.35. The quantitative estimate of drug-likeness (QED) is 0.505. The maximum absolute atomic E-state index is 9.80. The van der Waals surface area contributed by atoms with Crippen molar-refractivity contribution >= 4 is 0 Å². The van der Waals surface area contributed by atoms with Crippen molar-refractivity contribution in [1.29, 1.82) is 0 Å². The second kappa shape index (κ2) is 8.11. The Kier molecular flexibility index (Phi) is 5.40. The van der Waals surface area contributed by atoms with Crippen LogP contribution < -0.4 is 0 Å². The van der Waals surface area contributed by atoms with Crippen molar-refractivity contribution in [3.63, 3.8) is 0 Å². The van der Waals surface area contributed by atoms with Crippen molar-refractivity contribution in [1.82, 2.24) is 0 Å². The highest BCUT2D eigenvalue weighted by molar-refractivity contribution is 5.47. The lowest BCUT2D eigenvalue weighted by Crippen LogP contribution is -2.36. The van der Waals surface area contributed by atoms with Crippen LogP contribution in [-0.2, 0) is 15.1 Å². The number of ether oxygens (including phenoxy) is 2. The summed E-state index contributed by atoms with van der Waals surface area (Å²) in [6.07, 6.45) is 0.585. The Morgan fingerprint density at radius 3 is 1.57 bits per heavy atom. The van der Waals surface area contributed by atoms with E-state index in [1.165, 1.54) is 0 Å². The fourth-order valence-corrected chi connectivity index (χ4v) is 3.79. The van der Waals surface area contributed by atoms with Crippen LogP contribution in [0.2, 0.25) is 0 Å². The zero-order valence-corrected chi connectivity index (χ0v) is 15.9. The summed E-state index contributed by atoms with van der Waals surface area (Å²) in [6.45, 7) is 2.29. The first kappa shape index (κ1) is 18.6. The number of rotatable bonds is 6. The molecule has 0 spiro atoms. The van der Waals surface area contributed by atoms with Crippen molar-refractivity contribution in [2.75, 3.05) is 6.61 Å². The maximum atomic E-state index is 9.80. The highest BCUT2D eigenvalue weighted by atomic mass is 16.6. The minimum Gasteiger partial charge on any atom is -0.365 e. The number of aliphatic hydroxyl groups excluding tert-OH is 1. The molecule has 0 bridgehead atoms. The van der Waals surface area contributed by atoms with E-state index >= 15 is 0 Å². The predicted octanol–water partition coefficient (Wildman–Crippen LogP) is 4.66. The van der Waals surface area contributed by atoms with Gasteiger partial charge in [-0.05, 0) is 35.3 Å². The van der Waals surface area contributed by atoms with Crippen LogP contribution in [0.5, 0.6) is 0 Å². The van der Waals surface area contributed by atoms with E-state index in [0.29, 0.717) is 6.61 Å². The molecule has 4 rings (SSSR count). The fraction of sp³-hybridized carbons (Fsp3) is 0.200. The SMILES string of the molecule is CC1=CC(O)O[C@@H]1COC(c1ccccc1)(c1ccccc1)c1ccccc1. The van der Waals surface area contributed by atoms with Gasteiger partial charge in [-0.3, -0.25) is 0 Å². The van der Waals surface area contributed by atoms with E-state index in [0.717, 1.165) is 22.3 Å². The molecule has 3 nitrogen and oxygen atoms in total. The standard InChI is InChI=1S/C25H24O3/c1-19-17-24(26)28-23(19)18-27-25(20-11-5-2-6-12-20,21-13-7-3-8-14-21)22-15-9-4-10-16-22/h2-17,23-24,26H,18H2,1H3/t23-,24?/m1/s1. The highest BCUT2D eigenvalue weighted by Crippen LogP contribution is 2.41. The molecule has 0 radical (unpaired) electrons. The number of hydrogen-bond acceptors (Lipinski definition) is 3. The number of aliphatic hydroxyl groups is 1. The van der Waals surface area contributed by atoms with Gasteiger partial charge in [0.2, 0.25) is 0 Å². The van der Waals surface area contributed by atoms with Gasteiger partial charge in [-0.25, -0.2) is 0 Å². The molecule has 0 aromatic heterocycles. The first-order valence-electron chi connectivity index (χ1n) is 9.52. The molecule has 0 saturated heterocycles. The van der Waals surface area contributed by atoms with Crippen LogP contribution in [0.3, 0.4) is 0 Å². The molecule has 0 saturated carbocycles. The lowest BCUT2D eigenvalue weighted by atomic mass is 9.80. The van der Waals surface area contributed by atoms with Crippen LogP contribution in [0.15, 0.2) is 103 Å². The Hall–Kier alpha value is -2.72. The second-order valence-electron chi connectivity index (χ2n) is 7.02. The Morgan fingerprint density at radius 2 is 1.21 bits per heavy atom. The lowest BCUT2D eigenvalue weighted by Gasteiger charge is -2.36. The predicted molar refractivity (Wildman–Crippen MR) is 110 cm³/mol. The second-order valence-corrected chi connectivity index (χ2v) is 7.02. The monoisotopic (exact) mass is 372 g/mol. The summed E-state index contributed by atoms with van der Waals surface area (Å²) in [5, 5.41) is 9.80. The van der Waals surface area contributed by atoms with Crippen LogP contribution in [0, 0.1) is 0 Å². The van der Waals surface area contributed by atoms with E-state index in [-0.39, 0.29) is 6.10 Å². The summed E-state index contributed by atoms with van der Waals surface area (Å²) in [7, 11) is 0. The fourth-order valence-electron chi connectivity index (χ4n) is 3.79. The summed E-state index contributed by atoms with van der Waals surface area (Å²) < 4.78 is 12.3. The van der Waals surface area contributed by atoms with Gasteiger partial charge < -0.3 is 14.6 Å². The average molecular weight is 372 g/mol. The molecular formula is C25H24O3. The molecule has 1 heterocycles. The van der Waals surface area contributed by atoms with Crippen molar-refractivity contribution < 1.29 is 14.6 Å². The summed E-state index contributed by atoms with van der Waals surface area (Å²) in [6, 6.07) is 30.7. The van der Waals surface area contributed by atoms with Crippen LogP contribution in [0.1, 0.15) is 23.6 Å². The number of hydrogen-bond donors (Lipinski definition) is 1. The first-order valence-corrected chi connectivity index (χ1v) is 9.52. The van der Waals surface area contributed by atoms with Crippen LogP contribution in [0.4, 0.5) is 0 Å². The van der Waals surface area contributed by atoms with Crippen LogP contribution >= 0.6 is 0 Å². The molecule has 0 aliphatic carbocycles. The molecule has 1 aliphatic rings. The van der Waals surface area contributed by atoms with Gasteiger partial charge in [-0.1, -0.05) is 91.0 Å². The van der Waals surface area contributed by atoms with E-state index in [1.807, 2.05) is 61.5 Å². The zero-order chi connectivity index (χ0) is 19.4. The summed E-state index contributed by atoms with van der Waals surface area (Å²) in [5.74, 6) is 0. The molecule has 142 valence electrons. The van der Waals surface area contributed by atoms with Gasteiger partial charge in [-0.15, -0.1) is 0 Å². The third-order valence-electron chi connectivity index (χ3n) is 5.21. The van der Waals surface area contributed by atoms with Crippen molar-refractivity contribution in [2.45, 2.75) is 24.9 Å². The molecule has 0 fully saturated rings. The Morgan fingerprint density at radius 1 is 0.786 bits per heavy atom. The van der Waals surface area contributed by atoms with Gasteiger partial charge in [0, 0.05) is 0 Å². The molecule has 3 aromatic rings. The molecule has 28 heavy (non-hydrogen) atoms. The van der Waals surface area contributed by atoms with E-state index in [1.54, 1.807) is 6.08 Å². The molecule has 2 atom stereocenters. The maximum Gasteiger partial charge on any atom is 0.175 e. The molecule has 0 amide bonds. The van der Waals surface area contributed by atoms with E-state index in [4.69, 9.17) is 9.47 Å². The molecule has 1 unspecified atom stereocenters. The molecule has 1 aliphatic heterocycles. The normalized spacial score (nSPS) is 19.4. The summed E-state index contributed by atoms with van der Waals surface area (Å²) >= 11 is 0. The van der Waals surface area contributed by atoms with Crippen LogP contribution in [-0.4, -0.2) is 24.1 Å². The third-order valence-corrected chi connectivity index (χ3v) is 5.21. The minimum atomic E-state index is -0.867. The average Bonchev–Trinajstić information content (AvgIpc) is 3.08. The van der Waals surface area contributed by atoms with Gasteiger partial charge in [0.15, 0.2) is 6.29 Å². The van der Waals surface area contributed by atoms with Crippen molar-refractivity contribution in [2.24, 2.45) is 0 Å². The molecule has 1 N–H and O–H groups in total. The first-order chi connectivity index (χ1) is 13.7. The van der Waals surface area contributed by atoms with E-state index in [2.05, 4.69) is 36.4 Å². The minimum absolute atomic E-state index is 0.273. The highest BCUT2D eigenvalue weighted by Gasteiger charge is 2.39. The van der Waals surface area contributed by atoms with Gasteiger partial charge >= 0.3 is 0 Å². The number of benzene rings is 3. The van der Waals surface area contributed by atoms with Crippen molar-refractivity contribution in [3.8, 4) is 0 Å². The van der Waals surface area contributed by atoms with Gasteiger partial charge in [-0.2, -0.15) is 0 Å². The van der Waals surface area contributed by atoms with Gasteiger partial charge in [0.05, 0.1) is 6.61 Å². The smallest absolute Gasteiger partial charge is 0.175 e. The van der Waals surface area contributed by atoms with E-state index in [9.17, 15) is 5.11 Å². The molecular weight excluding hydrogens is 348 g/mol. The van der Waals surface area contributed by atoms with E-state index < -0.39 is 11.9 Å². The van der Waals surface area contributed by atoms with Gasteiger partial charge in [0.25, 0.3) is 0 Å². The largest absolute Gasteiger partial charge is 0.365 e. The third kappa shape index (κ3) is 3.52. The molecule has 3 aromatic carbocycles. The summed E-state index contributed by atoms with van der Waals surface area (Å²) in [4.78, 5) is 0. The van der Waals surface area contributed by atoms with Crippen LogP contribution in [0.25, 0.3) is 0 Å². The Balaban J connectivity index is 1.83. The zero-order valence-electron chi connectivity index (χ0n) is 15.9. The Bertz CT molecular complexity index is 823.